The van der Waals surface area contributed by atoms with E-state index >= 15 is 0 Å². The maximum absolute atomic E-state index is 12.8. The standard InChI is InChI=1S/C28H23NO2/c30-26(31-28(24-17-9-3-10-18-24)25-19-11-4-12-20-25)21-29-27(22-13-5-1-6-14-22)23-15-7-2-8-16-23/h1-20,28H,21H2. The van der Waals surface area contributed by atoms with E-state index in [1.54, 1.807) is 0 Å². The third kappa shape index (κ3) is 5.34. The SMILES string of the molecule is O=C(CN=C(c1ccccc1)c1ccccc1)OC(c1ccccc1)c1ccccc1. The Bertz CT molecular complexity index is 1040. The van der Waals surface area contributed by atoms with Crippen LogP contribution in [0.4, 0.5) is 0 Å². The summed E-state index contributed by atoms with van der Waals surface area (Å²) in [7, 11) is 0. The average molecular weight is 405 g/mol. The zero-order valence-electron chi connectivity index (χ0n) is 17.1. The van der Waals surface area contributed by atoms with E-state index < -0.39 is 6.10 Å². The van der Waals surface area contributed by atoms with E-state index in [9.17, 15) is 4.79 Å². The fourth-order valence-corrected chi connectivity index (χ4v) is 3.44. The highest BCUT2D eigenvalue weighted by molar-refractivity contribution is 6.13. The Kier molecular flexibility index (Phi) is 6.66. The molecule has 0 aliphatic carbocycles. The van der Waals surface area contributed by atoms with Gasteiger partial charge in [0.15, 0.2) is 6.10 Å². The van der Waals surface area contributed by atoms with Gasteiger partial charge in [-0.25, -0.2) is 0 Å². The highest BCUT2D eigenvalue weighted by atomic mass is 16.5. The highest BCUT2D eigenvalue weighted by Gasteiger charge is 2.19. The lowest BCUT2D eigenvalue weighted by Gasteiger charge is -2.18. The lowest BCUT2D eigenvalue weighted by molar-refractivity contribution is -0.145. The van der Waals surface area contributed by atoms with Crippen molar-refractivity contribution in [3.05, 3.63) is 144 Å². The predicted octanol–water partition coefficient (Wildman–Crippen LogP) is 5.86. The smallest absolute Gasteiger partial charge is 0.328 e. The van der Waals surface area contributed by atoms with Crippen LogP contribution >= 0.6 is 0 Å². The first-order valence-electron chi connectivity index (χ1n) is 10.3. The first-order chi connectivity index (χ1) is 15.3. The van der Waals surface area contributed by atoms with Crippen molar-refractivity contribution < 1.29 is 9.53 Å². The minimum Gasteiger partial charge on any atom is -0.451 e. The summed E-state index contributed by atoms with van der Waals surface area (Å²) < 4.78 is 5.90. The number of rotatable bonds is 7. The molecule has 4 rings (SSSR count). The van der Waals surface area contributed by atoms with E-state index in [4.69, 9.17) is 4.74 Å². The summed E-state index contributed by atoms with van der Waals surface area (Å²) in [5.41, 5.74) is 4.55. The zero-order valence-corrected chi connectivity index (χ0v) is 17.1. The fraction of sp³-hybridized carbons (Fsp3) is 0.0714. The lowest BCUT2D eigenvalue weighted by Crippen LogP contribution is -2.16. The van der Waals surface area contributed by atoms with Crippen molar-refractivity contribution in [3.8, 4) is 0 Å². The first-order valence-corrected chi connectivity index (χ1v) is 10.3. The molecule has 4 aromatic rings. The van der Waals surface area contributed by atoms with Crippen LogP contribution in [0.3, 0.4) is 0 Å². The van der Waals surface area contributed by atoms with Crippen LogP contribution in [0.2, 0.25) is 0 Å². The molecular weight excluding hydrogens is 382 g/mol. The summed E-state index contributed by atoms with van der Waals surface area (Å²) in [5.74, 6) is -0.373. The maximum Gasteiger partial charge on any atom is 0.328 e. The van der Waals surface area contributed by atoms with Gasteiger partial charge >= 0.3 is 5.97 Å². The number of esters is 1. The van der Waals surface area contributed by atoms with E-state index in [0.717, 1.165) is 28.0 Å². The van der Waals surface area contributed by atoms with Crippen molar-refractivity contribution in [2.24, 2.45) is 4.99 Å². The van der Waals surface area contributed by atoms with Crippen LogP contribution < -0.4 is 0 Å². The monoisotopic (exact) mass is 405 g/mol. The molecule has 4 aromatic carbocycles. The summed E-state index contributed by atoms with van der Waals surface area (Å²) in [6, 6.07) is 39.3. The van der Waals surface area contributed by atoms with Crippen molar-refractivity contribution in [2.75, 3.05) is 6.54 Å². The molecular formula is C28H23NO2. The number of hydrogen-bond acceptors (Lipinski definition) is 3. The average Bonchev–Trinajstić information content (AvgIpc) is 2.85. The number of ether oxygens (including phenoxy) is 1. The van der Waals surface area contributed by atoms with Crippen molar-refractivity contribution in [3.63, 3.8) is 0 Å². The van der Waals surface area contributed by atoms with Crippen LogP contribution in [0.15, 0.2) is 126 Å². The van der Waals surface area contributed by atoms with Gasteiger partial charge < -0.3 is 4.74 Å². The maximum atomic E-state index is 12.8. The minimum atomic E-state index is -0.470. The van der Waals surface area contributed by atoms with Gasteiger partial charge in [-0.1, -0.05) is 121 Å². The molecule has 0 N–H and O–H groups in total. The second kappa shape index (κ2) is 10.2. The third-order valence-corrected chi connectivity index (χ3v) is 4.91. The molecule has 0 aliphatic heterocycles. The van der Waals surface area contributed by atoms with E-state index in [1.807, 2.05) is 121 Å². The van der Waals surface area contributed by atoms with E-state index in [0.29, 0.717) is 0 Å². The first kappa shape index (κ1) is 20.3. The van der Waals surface area contributed by atoms with Crippen molar-refractivity contribution in [2.45, 2.75) is 6.10 Å². The number of benzene rings is 4. The Morgan fingerprint density at radius 2 is 1.00 bits per heavy atom. The lowest BCUT2D eigenvalue weighted by atomic mass is 10.0. The van der Waals surface area contributed by atoms with E-state index in [2.05, 4.69) is 4.99 Å². The summed E-state index contributed by atoms with van der Waals surface area (Å²) in [6.07, 6.45) is -0.470. The van der Waals surface area contributed by atoms with Gasteiger partial charge in [-0.05, 0) is 11.1 Å². The Morgan fingerprint density at radius 1 is 0.613 bits per heavy atom. The number of nitrogens with zero attached hydrogens (tertiary/aromatic N) is 1. The molecule has 0 heterocycles. The Balaban J connectivity index is 1.58. The predicted molar refractivity (Wildman–Crippen MR) is 124 cm³/mol. The quantitative estimate of drug-likeness (QED) is 0.285. The van der Waals surface area contributed by atoms with Crippen molar-refractivity contribution >= 4 is 11.7 Å². The summed E-state index contributed by atoms with van der Waals surface area (Å²) in [6.45, 7) is -0.0602. The zero-order chi connectivity index (χ0) is 21.3. The van der Waals surface area contributed by atoms with Crippen LogP contribution in [0, 0.1) is 0 Å². The van der Waals surface area contributed by atoms with Crippen LogP contribution in [-0.2, 0) is 9.53 Å². The van der Waals surface area contributed by atoms with Gasteiger partial charge in [-0.2, -0.15) is 0 Å². The molecule has 0 saturated carbocycles. The molecule has 0 radical (unpaired) electrons. The molecule has 3 nitrogen and oxygen atoms in total. The molecule has 31 heavy (non-hydrogen) atoms. The summed E-state index contributed by atoms with van der Waals surface area (Å²) in [4.78, 5) is 17.5. The van der Waals surface area contributed by atoms with Crippen LogP contribution in [-0.4, -0.2) is 18.2 Å². The van der Waals surface area contributed by atoms with Gasteiger partial charge in [0, 0.05) is 11.1 Å². The second-order valence-electron chi connectivity index (χ2n) is 7.09. The molecule has 0 spiro atoms. The Labute approximate surface area is 182 Å². The summed E-state index contributed by atoms with van der Waals surface area (Å²) >= 11 is 0. The molecule has 0 aliphatic rings. The molecule has 0 atom stereocenters. The van der Waals surface area contributed by atoms with Gasteiger partial charge in [0.25, 0.3) is 0 Å². The van der Waals surface area contributed by atoms with Gasteiger partial charge in [0.1, 0.15) is 6.54 Å². The molecule has 0 saturated heterocycles. The second-order valence-corrected chi connectivity index (χ2v) is 7.09. The Hall–Kier alpha value is -3.98. The fourth-order valence-electron chi connectivity index (χ4n) is 3.44. The van der Waals surface area contributed by atoms with E-state index in [-0.39, 0.29) is 12.5 Å². The van der Waals surface area contributed by atoms with Gasteiger partial charge in [-0.15, -0.1) is 0 Å². The van der Waals surface area contributed by atoms with Gasteiger partial charge in [0.2, 0.25) is 0 Å². The van der Waals surface area contributed by atoms with Crippen molar-refractivity contribution in [1.29, 1.82) is 0 Å². The highest BCUT2D eigenvalue weighted by Crippen LogP contribution is 2.26. The molecule has 0 amide bonds. The van der Waals surface area contributed by atoms with Crippen molar-refractivity contribution in [1.82, 2.24) is 0 Å². The van der Waals surface area contributed by atoms with Crippen LogP contribution in [0.5, 0.6) is 0 Å². The number of carbonyl (C=O) groups excluding carboxylic acids is 1. The normalized spacial score (nSPS) is 10.5. The number of aliphatic imine (C=N–C) groups is 1. The molecule has 0 fully saturated rings. The Morgan fingerprint density at radius 3 is 1.42 bits per heavy atom. The largest absolute Gasteiger partial charge is 0.451 e. The third-order valence-electron chi connectivity index (χ3n) is 4.91. The van der Waals surface area contributed by atoms with E-state index in [1.165, 1.54) is 0 Å². The van der Waals surface area contributed by atoms with Gasteiger partial charge in [-0.3, -0.25) is 9.79 Å². The van der Waals surface area contributed by atoms with Crippen LogP contribution in [0.25, 0.3) is 0 Å². The molecule has 0 bridgehead atoms. The molecule has 0 aromatic heterocycles. The summed E-state index contributed by atoms with van der Waals surface area (Å²) in [5, 5.41) is 0. The molecule has 3 heteroatoms. The minimum absolute atomic E-state index is 0.0602. The molecule has 0 unspecified atom stereocenters. The van der Waals surface area contributed by atoms with Crippen LogP contribution in [0.1, 0.15) is 28.4 Å². The molecule has 152 valence electrons. The number of carbonyl (C=O) groups is 1. The van der Waals surface area contributed by atoms with Gasteiger partial charge in [0.05, 0.1) is 5.71 Å². The topological polar surface area (TPSA) is 38.7 Å². The number of hydrogen-bond donors (Lipinski definition) is 0.